The van der Waals surface area contributed by atoms with E-state index >= 15 is 0 Å². The fraction of sp³-hybridized carbons (Fsp3) is 0.0370. The maximum Gasteiger partial charge on any atom is 0.277 e. The van der Waals surface area contributed by atoms with Crippen LogP contribution in [-0.4, -0.2) is 14.8 Å². The molecule has 10 heteroatoms. The van der Waals surface area contributed by atoms with Gasteiger partial charge in [0.2, 0.25) is 5.56 Å². The van der Waals surface area contributed by atoms with Gasteiger partial charge in [0.15, 0.2) is 0 Å². The summed E-state index contributed by atoms with van der Waals surface area (Å²) in [6.45, 7) is 0. The first-order valence-electron chi connectivity index (χ1n) is 11.0. The maximum absolute atomic E-state index is 13.5. The van der Waals surface area contributed by atoms with Gasteiger partial charge in [-0.05, 0) is 41.5 Å². The van der Waals surface area contributed by atoms with Crippen molar-refractivity contribution in [1.82, 2.24) is 20.9 Å². The summed E-state index contributed by atoms with van der Waals surface area (Å²) in [5.74, 6) is -0.433. The second kappa shape index (κ2) is 11.3. The Kier molecular flexibility index (Phi) is 7.88. The highest BCUT2D eigenvalue weighted by atomic mass is 35.5. The number of hydrogen-bond acceptors (Lipinski definition) is 6. The third-order valence-electron chi connectivity index (χ3n) is 5.54. The lowest BCUT2D eigenvalue weighted by atomic mass is 9.98. The zero-order chi connectivity index (χ0) is 25.1. The normalized spacial score (nSPS) is 11.5. The molecule has 2 aromatic heterocycles. The molecule has 0 bridgehead atoms. The summed E-state index contributed by atoms with van der Waals surface area (Å²) in [6, 6.07) is 26.6. The third kappa shape index (κ3) is 5.64. The Labute approximate surface area is 221 Å². The maximum atomic E-state index is 13.5. The molecule has 0 amide bonds. The molecule has 0 saturated carbocycles. The van der Waals surface area contributed by atoms with Gasteiger partial charge in [0.1, 0.15) is 0 Å². The summed E-state index contributed by atoms with van der Waals surface area (Å²) in [6.07, 6.45) is 1.58. The number of rotatable bonds is 7. The molecule has 1 atom stereocenters. The number of benzene rings is 3. The Bertz CT molecular complexity index is 1610. The van der Waals surface area contributed by atoms with Crippen molar-refractivity contribution in [2.45, 2.75) is 15.8 Å². The minimum absolute atomic E-state index is 0. The largest absolute Gasteiger partial charge is 0.858 e. The highest BCUT2D eigenvalue weighted by Gasteiger charge is 2.21. The number of halogens is 1. The van der Waals surface area contributed by atoms with Crippen LogP contribution in [-0.2, 0) is 0 Å². The number of nitrogens with zero attached hydrogens (tertiary/aromatic N) is 1. The molecular formula is C27H23ClN5O3S-. The Morgan fingerprint density at radius 3 is 2.32 bits per heavy atom. The van der Waals surface area contributed by atoms with Crippen LogP contribution in [0.5, 0.6) is 5.88 Å². The van der Waals surface area contributed by atoms with Crippen molar-refractivity contribution in [3.8, 4) is 5.88 Å². The lowest BCUT2D eigenvalue weighted by Gasteiger charge is -2.25. The molecule has 5 rings (SSSR count). The Balaban J connectivity index is 0.00000320. The molecule has 1 unspecified atom stereocenters. The van der Waals surface area contributed by atoms with Crippen molar-refractivity contribution in [3.63, 3.8) is 0 Å². The first-order chi connectivity index (χ1) is 17.5. The number of aromatic nitrogens is 3. The lowest BCUT2D eigenvalue weighted by Crippen LogP contribution is -2.18. The fourth-order valence-corrected chi connectivity index (χ4v) is 5.00. The predicted octanol–water partition coefficient (Wildman–Crippen LogP) is 5.29. The molecule has 3 aromatic carbocycles. The van der Waals surface area contributed by atoms with Gasteiger partial charge >= 0.3 is 0 Å². The minimum Gasteiger partial charge on any atom is -0.858 e. The summed E-state index contributed by atoms with van der Waals surface area (Å²) < 4.78 is 1.36. The zero-order valence-corrected chi connectivity index (χ0v) is 21.1. The Hall–Kier alpha value is -4.18. The number of nitrogens with one attached hydrogen (secondary N) is 3. The highest BCUT2D eigenvalue weighted by Crippen LogP contribution is 2.38. The van der Waals surface area contributed by atoms with Gasteiger partial charge in [-0.25, -0.2) is 0 Å². The number of hydrogen-bond donors (Lipinski definition) is 4. The molecule has 0 spiro atoms. The van der Waals surface area contributed by atoms with E-state index in [9.17, 15) is 14.7 Å². The van der Waals surface area contributed by atoms with Crippen molar-refractivity contribution in [3.05, 3.63) is 134 Å². The monoisotopic (exact) mass is 532 g/mol. The van der Waals surface area contributed by atoms with Gasteiger partial charge in [-0.2, -0.15) is 0 Å². The average molecular weight is 533 g/mol. The molecule has 188 valence electrons. The standard InChI is InChI=1S/C27H21ClN4O3S.H3N/c28-21-11-4-5-12-22(21)36-25-26(34)31-32(27(25)35)24(17-7-2-1-3-8-17)18-9-6-10-19(15-18)30-20-13-14-23(33)29-16-20;/h1-16,24,30,35H,(H,29,33)(H,31,34);1H3/p-1. The predicted molar refractivity (Wildman–Crippen MR) is 146 cm³/mol. The number of H-pyrrole nitrogens is 2. The molecule has 6 N–H and O–H groups in total. The molecule has 2 heterocycles. The molecule has 5 aromatic rings. The molecule has 0 aliphatic rings. The van der Waals surface area contributed by atoms with Crippen LogP contribution in [0.15, 0.2) is 117 Å². The van der Waals surface area contributed by atoms with Gasteiger partial charge in [-0.1, -0.05) is 78.0 Å². The van der Waals surface area contributed by atoms with Gasteiger partial charge in [-0.3, -0.25) is 19.4 Å². The van der Waals surface area contributed by atoms with Gasteiger partial charge in [0.05, 0.1) is 21.6 Å². The van der Waals surface area contributed by atoms with Crippen LogP contribution in [0.2, 0.25) is 5.02 Å². The Morgan fingerprint density at radius 1 is 0.865 bits per heavy atom. The first-order valence-corrected chi connectivity index (χ1v) is 12.2. The van der Waals surface area contributed by atoms with E-state index in [4.69, 9.17) is 11.6 Å². The van der Waals surface area contributed by atoms with Gasteiger partial charge < -0.3 is 21.6 Å². The fourth-order valence-electron chi connectivity index (χ4n) is 3.89. The molecule has 0 saturated heterocycles. The third-order valence-corrected chi connectivity index (χ3v) is 7.12. The number of pyridine rings is 1. The van der Waals surface area contributed by atoms with E-state index in [1.165, 1.54) is 10.7 Å². The Morgan fingerprint density at radius 2 is 1.59 bits per heavy atom. The van der Waals surface area contributed by atoms with Crippen molar-refractivity contribution < 1.29 is 5.11 Å². The molecule has 37 heavy (non-hydrogen) atoms. The summed E-state index contributed by atoms with van der Waals surface area (Å²) in [7, 11) is 0. The van der Waals surface area contributed by atoms with Crippen molar-refractivity contribution >= 4 is 34.7 Å². The van der Waals surface area contributed by atoms with Crippen molar-refractivity contribution in [2.75, 3.05) is 5.32 Å². The molecule has 0 fully saturated rings. The summed E-state index contributed by atoms with van der Waals surface area (Å²) in [4.78, 5) is 27.6. The molecular weight excluding hydrogens is 510 g/mol. The first kappa shape index (κ1) is 25.9. The van der Waals surface area contributed by atoms with Crippen molar-refractivity contribution in [2.24, 2.45) is 0 Å². The van der Waals surface area contributed by atoms with Crippen LogP contribution >= 0.6 is 23.4 Å². The van der Waals surface area contributed by atoms with Crippen LogP contribution in [0.1, 0.15) is 17.2 Å². The summed E-state index contributed by atoms with van der Waals surface area (Å²) in [5.41, 5.74) is 2.41. The van der Waals surface area contributed by atoms with Crippen LogP contribution < -0.4 is 27.7 Å². The average Bonchev–Trinajstić information content (AvgIpc) is 3.16. The van der Waals surface area contributed by atoms with Gasteiger partial charge in [-0.15, -0.1) is 0 Å². The second-order valence-corrected chi connectivity index (χ2v) is 9.44. The van der Waals surface area contributed by atoms with E-state index < -0.39 is 17.5 Å². The van der Waals surface area contributed by atoms with Crippen LogP contribution in [0.3, 0.4) is 0 Å². The van der Waals surface area contributed by atoms with Crippen LogP contribution in [0.25, 0.3) is 0 Å². The van der Waals surface area contributed by atoms with Crippen molar-refractivity contribution in [1.29, 1.82) is 0 Å². The second-order valence-electron chi connectivity index (χ2n) is 7.98. The number of aromatic amines is 2. The summed E-state index contributed by atoms with van der Waals surface area (Å²) >= 11 is 7.32. The smallest absolute Gasteiger partial charge is 0.277 e. The topological polar surface area (TPSA) is 141 Å². The van der Waals surface area contributed by atoms with E-state index in [0.29, 0.717) is 15.6 Å². The van der Waals surface area contributed by atoms with E-state index in [1.54, 1.807) is 36.5 Å². The van der Waals surface area contributed by atoms with Gasteiger partial charge in [0.25, 0.3) is 5.56 Å². The SMILES string of the molecule is N.O=c1ccc(Nc2cccc(C(c3ccccc3)n3[nH]c(=O)c(Sc4ccccc4Cl)c3[O-])c2)c[nH]1. The quantitative estimate of drug-likeness (QED) is 0.224. The van der Waals surface area contributed by atoms with Crippen LogP contribution in [0, 0.1) is 0 Å². The van der Waals surface area contributed by atoms with E-state index in [-0.39, 0.29) is 16.6 Å². The molecule has 8 nitrogen and oxygen atoms in total. The summed E-state index contributed by atoms with van der Waals surface area (Å²) in [5, 5.41) is 20.0. The van der Waals surface area contributed by atoms with Crippen LogP contribution in [0.4, 0.5) is 11.4 Å². The molecule has 0 aliphatic carbocycles. The molecule has 0 radical (unpaired) electrons. The number of anilines is 2. The molecule has 0 aliphatic heterocycles. The van der Waals surface area contributed by atoms with E-state index in [1.807, 2.05) is 54.6 Å². The van der Waals surface area contributed by atoms with E-state index in [0.717, 1.165) is 28.6 Å². The minimum atomic E-state index is -0.579. The lowest BCUT2D eigenvalue weighted by molar-refractivity contribution is -0.284. The van der Waals surface area contributed by atoms with E-state index in [2.05, 4.69) is 15.4 Å². The van der Waals surface area contributed by atoms with Gasteiger partial charge in [0, 0.05) is 28.7 Å². The zero-order valence-electron chi connectivity index (χ0n) is 19.5. The highest BCUT2D eigenvalue weighted by molar-refractivity contribution is 7.99.